The molecule has 3 heterocycles. The molecule has 708 valence electrons. The van der Waals surface area contributed by atoms with Gasteiger partial charge in [0.1, 0.15) is 11.3 Å². The van der Waals surface area contributed by atoms with Crippen LogP contribution in [-0.2, 0) is 32.5 Å². The van der Waals surface area contributed by atoms with Gasteiger partial charge in [-0.15, -0.1) is 11.3 Å². The van der Waals surface area contributed by atoms with Crippen molar-refractivity contribution < 1.29 is 4.42 Å². The van der Waals surface area contributed by atoms with E-state index in [9.17, 15) is 0 Å². The fourth-order valence-electron chi connectivity index (χ4n) is 26.6. The van der Waals surface area contributed by atoms with E-state index in [2.05, 4.69) is 489 Å². The number of hydrogen-bond donors (Lipinski definition) is 0. The largest absolute Gasteiger partial charge is 0.455 e. The van der Waals surface area contributed by atoms with Crippen molar-refractivity contribution in [2.24, 2.45) is 0 Å². The summed E-state index contributed by atoms with van der Waals surface area (Å²) in [4.78, 5) is 1.32. The normalized spacial score (nSPS) is 13.1. The summed E-state index contributed by atoms with van der Waals surface area (Å²) >= 11 is 2.13. The number of thiophene rings is 1. The average molecular weight is 1970 g/mol. The molecule has 0 aliphatic heterocycles. The van der Waals surface area contributed by atoms with Gasteiger partial charge >= 0.3 is 295 Å². The van der Waals surface area contributed by atoms with Crippen LogP contribution in [0.5, 0.6) is 0 Å². The van der Waals surface area contributed by atoms with E-state index < -0.39 is 0 Å². The summed E-state index contributed by atoms with van der Waals surface area (Å²) in [5.41, 5.74) is 29.0. The van der Waals surface area contributed by atoms with Crippen molar-refractivity contribution >= 4 is 218 Å². The van der Waals surface area contributed by atoms with Crippen LogP contribution in [0, 0.1) is 0 Å². The van der Waals surface area contributed by atoms with Crippen LogP contribution in [0.4, 0.5) is 0 Å². The zero-order valence-corrected chi connectivity index (χ0v) is 89.4. The Morgan fingerprint density at radius 3 is 0.782 bits per heavy atom. The quantitative estimate of drug-likeness (QED) is 0.104. The van der Waals surface area contributed by atoms with E-state index in [1.165, 1.54) is 307 Å². The van der Waals surface area contributed by atoms with E-state index in [1.54, 1.807) is 0 Å². The average Bonchev–Trinajstić information content (AvgIpc) is 1.51. The Labute approximate surface area is 868 Å². The Kier molecular flexibility index (Phi) is 19.3. The molecule has 0 spiro atoms. The molecule has 0 bridgehead atoms. The van der Waals surface area contributed by atoms with Gasteiger partial charge in [-0.05, 0) is 217 Å². The molecular weight excluding hydrogens is 1860 g/mol. The Morgan fingerprint density at radius 1 is 0.184 bits per heavy atom. The molecule has 27 aromatic carbocycles. The smallest absolute Gasteiger partial charge is 0.143 e. The first-order valence-corrected chi connectivity index (χ1v) is 55.1. The SMILES string of the molecule is CC(C)(C)c1ccccc1-c1cc2c3cc(-c4ccccc4)[se]c3c3cc(-c4ccccc4C(C)(C)C)c4ccc5ccc1c1c5c4c3c21.CC(C)(C)c1ccccc1-c1cc2c3cc(-c4ccccc4)oc3c3cc(-c4ccccc4C(C)(C)C)c4ccc5ccc1c1c5c4c3c21.CC(C)(C)c1ccccc1-c1cc2c3cc(-c4ccccc4)sc3c3cc(-c4ccccc4C(C)(C)C)c4ccc5ccc1c1c5c4c3c21. The van der Waals surface area contributed by atoms with Crippen molar-refractivity contribution in [2.75, 3.05) is 0 Å². The molecule has 0 N–H and O–H groups in total. The number of benzene rings is 24. The minimum absolute atomic E-state index is 0.00409. The number of rotatable bonds is 9. The van der Waals surface area contributed by atoms with E-state index in [-0.39, 0.29) is 47.0 Å². The zero-order valence-electron chi connectivity index (χ0n) is 86.9. The molecule has 3 heteroatoms. The summed E-state index contributed by atoms with van der Waals surface area (Å²) in [6.07, 6.45) is 0. The van der Waals surface area contributed by atoms with Gasteiger partial charge in [0.05, 0.1) is 0 Å². The van der Waals surface area contributed by atoms with Gasteiger partial charge in [0, 0.05) is 47.5 Å². The summed E-state index contributed by atoms with van der Waals surface area (Å²) < 4.78 is 11.4. The van der Waals surface area contributed by atoms with Crippen molar-refractivity contribution in [2.45, 2.75) is 157 Å². The van der Waals surface area contributed by atoms with Gasteiger partial charge in [0.25, 0.3) is 0 Å². The third-order valence-corrected chi connectivity index (χ3v) is 36.8. The minimum atomic E-state index is -0.00901. The number of hydrogen-bond acceptors (Lipinski definition) is 2. The fourth-order valence-corrected chi connectivity index (χ4v) is 30.4. The van der Waals surface area contributed by atoms with Gasteiger partial charge < -0.3 is 4.42 Å². The first kappa shape index (κ1) is 89.5. The van der Waals surface area contributed by atoms with Crippen molar-refractivity contribution in [3.63, 3.8) is 0 Å². The van der Waals surface area contributed by atoms with Crippen LogP contribution < -0.4 is 0 Å². The molecule has 0 amide bonds. The zero-order chi connectivity index (χ0) is 100. The van der Waals surface area contributed by atoms with E-state index in [4.69, 9.17) is 4.42 Å². The molecular formula is C144H114OSSe. The second kappa shape index (κ2) is 31.7. The molecule has 0 unspecified atom stereocenters. The van der Waals surface area contributed by atoms with Gasteiger partial charge in [-0.25, -0.2) is 0 Å². The molecule has 30 rings (SSSR count). The van der Waals surface area contributed by atoms with Crippen LogP contribution in [-0.4, -0.2) is 14.5 Å². The van der Waals surface area contributed by atoms with Gasteiger partial charge in [-0.2, -0.15) is 0 Å². The first-order chi connectivity index (χ1) is 70.8. The third kappa shape index (κ3) is 13.3. The Hall–Kier alpha value is -15.1. The molecule has 0 aliphatic carbocycles. The monoisotopic (exact) mass is 1970 g/mol. The van der Waals surface area contributed by atoms with Gasteiger partial charge in [-0.3, -0.25) is 0 Å². The third-order valence-electron chi connectivity index (χ3n) is 33.0. The molecule has 1 nitrogen and oxygen atoms in total. The Balaban J connectivity index is 0.000000107. The van der Waals surface area contributed by atoms with Crippen molar-refractivity contribution in [1.29, 1.82) is 0 Å². The van der Waals surface area contributed by atoms with Crippen molar-refractivity contribution in [1.82, 2.24) is 0 Å². The van der Waals surface area contributed by atoms with E-state index in [1.807, 2.05) is 11.3 Å². The van der Waals surface area contributed by atoms with E-state index >= 15 is 0 Å². The summed E-state index contributed by atoms with van der Waals surface area (Å²) in [5.74, 6) is 0.907. The maximum atomic E-state index is 7.02. The maximum Gasteiger partial charge on any atom is 0.143 e. The second-order valence-electron chi connectivity index (χ2n) is 48.2. The standard InChI is InChI=1S/C48H38O.C48H38S.C48H38Se/c3*1-47(2,3)38-18-12-10-16-29(38)33-24-35-36-26-40(27-14-8-7-9-15-27)49-46(36)37-25-34(30-17-11-13-19-39(30)48(4,5)6)32-23-21-28-20-22-31(33)42-41(28)43(32)45(37)44(35)42/h3*7-26H,1-6H3. The predicted molar refractivity (Wildman–Crippen MR) is 643 cm³/mol. The minimum Gasteiger partial charge on any atom is -0.455 e. The summed E-state index contributed by atoms with van der Waals surface area (Å²) in [6.45, 7) is 42.0. The molecule has 0 radical (unpaired) electrons. The molecule has 3 aromatic heterocycles. The molecule has 0 atom stereocenters. The predicted octanol–water partition coefficient (Wildman–Crippen LogP) is 42.3. The maximum absolute atomic E-state index is 7.02. The van der Waals surface area contributed by atoms with Gasteiger partial charge in [0.15, 0.2) is 0 Å². The fraction of sp³-hybridized carbons (Fsp3) is 0.167. The molecule has 0 aliphatic rings. The van der Waals surface area contributed by atoms with Gasteiger partial charge in [0.2, 0.25) is 0 Å². The molecule has 147 heavy (non-hydrogen) atoms. The van der Waals surface area contributed by atoms with E-state index in [0.29, 0.717) is 0 Å². The molecule has 0 fully saturated rings. The molecule has 0 saturated heterocycles. The van der Waals surface area contributed by atoms with Crippen LogP contribution in [0.3, 0.4) is 0 Å². The van der Waals surface area contributed by atoms with Crippen molar-refractivity contribution in [3.05, 3.63) is 397 Å². The number of fused-ring (bicyclic) bond motifs is 9. The summed E-state index contributed by atoms with van der Waals surface area (Å²) in [6, 6.07) is 138. The second-order valence-corrected chi connectivity index (χ2v) is 51.5. The van der Waals surface area contributed by atoms with Crippen LogP contribution >= 0.6 is 11.3 Å². The molecule has 0 saturated carbocycles. The first-order valence-electron chi connectivity index (χ1n) is 52.6. The topological polar surface area (TPSA) is 13.1 Å². The van der Waals surface area contributed by atoms with Crippen LogP contribution in [0.1, 0.15) is 158 Å². The molecule has 30 aromatic rings. The van der Waals surface area contributed by atoms with Gasteiger partial charge in [-0.1, -0.05) is 289 Å². The Bertz CT molecular complexity index is 9040. The summed E-state index contributed by atoms with van der Waals surface area (Å²) in [7, 11) is 0. The Morgan fingerprint density at radius 2 is 0.442 bits per heavy atom. The van der Waals surface area contributed by atoms with Crippen LogP contribution in [0.25, 0.3) is 291 Å². The van der Waals surface area contributed by atoms with Crippen LogP contribution in [0.2, 0.25) is 0 Å². The van der Waals surface area contributed by atoms with Crippen molar-refractivity contribution in [3.8, 4) is 98.5 Å². The number of furan rings is 1. The van der Waals surface area contributed by atoms with Crippen LogP contribution in [0.15, 0.2) is 368 Å². The summed E-state index contributed by atoms with van der Waals surface area (Å²) in [5, 5.41) is 45.3. The van der Waals surface area contributed by atoms with E-state index in [0.717, 1.165) is 16.9 Å².